The van der Waals surface area contributed by atoms with Gasteiger partial charge in [0.05, 0.1) is 19.3 Å². The van der Waals surface area contributed by atoms with Crippen LogP contribution in [0.5, 0.6) is 0 Å². The first kappa shape index (κ1) is 30.1. The summed E-state index contributed by atoms with van der Waals surface area (Å²) in [5, 5.41) is 10.3. The van der Waals surface area contributed by atoms with Crippen molar-refractivity contribution in [3.8, 4) is 0 Å². The van der Waals surface area contributed by atoms with Crippen molar-refractivity contribution in [2.75, 3.05) is 13.2 Å². The van der Waals surface area contributed by atoms with Crippen LogP contribution in [-0.2, 0) is 9.47 Å². The van der Waals surface area contributed by atoms with E-state index in [1.54, 1.807) is 0 Å². The van der Waals surface area contributed by atoms with Crippen LogP contribution in [0.3, 0.4) is 0 Å². The molecule has 0 bridgehead atoms. The summed E-state index contributed by atoms with van der Waals surface area (Å²) in [5.74, 6) is 4.37. The molecule has 1 saturated heterocycles. The predicted molar refractivity (Wildman–Crippen MR) is 145 cm³/mol. The van der Waals surface area contributed by atoms with E-state index in [9.17, 15) is 5.11 Å². The highest BCUT2D eigenvalue weighted by Gasteiger charge is 2.62. The van der Waals surface area contributed by atoms with E-state index >= 15 is 0 Å². The molecule has 9 atom stereocenters. The Morgan fingerprint density at radius 2 is 1.29 bits per heavy atom. The molecular formula is C31H60O3. The Kier molecular flexibility index (Phi) is 11.0. The minimum Gasteiger partial charge on any atom is -0.393 e. The highest BCUT2D eigenvalue weighted by atomic mass is 16.7. The molecule has 0 amide bonds. The number of rotatable bonds is 2. The molecule has 34 heavy (non-hydrogen) atoms. The summed E-state index contributed by atoms with van der Waals surface area (Å²) in [5.41, 5.74) is 0.938. The average Bonchev–Trinajstić information content (AvgIpc) is 3.47. The molecule has 0 aromatic rings. The number of fused-ring (bicyclic) bond motifs is 5. The third-order valence-electron chi connectivity index (χ3n) is 10.9. The van der Waals surface area contributed by atoms with Gasteiger partial charge in [-0.05, 0) is 98.2 Å². The fourth-order valence-corrected chi connectivity index (χ4v) is 9.20. The third kappa shape index (κ3) is 5.14. The van der Waals surface area contributed by atoms with E-state index in [4.69, 9.17) is 9.47 Å². The van der Waals surface area contributed by atoms with E-state index in [1.165, 1.54) is 44.9 Å². The standard InChI is InChI=1S/C25H42O3.3C2H6/c1-16(17(2)26)20-7-8-21-19-6-5-18-15-25(27-13-14-28-25)12-11-23(18,3)22(19)9-10-24(20,21)4;3*1-2/h16-22,26H,5-15H2,1-4H3;3*1-2H3/t16-,17?,18?,19?,20?,21?,22?,23+,24?;;;/m1.../s1. The maximum Gasteiger partial charge on any atom is 0.168 e. The molecule has 3 nitrogen and oxygen atoms in total. The van der Waals surface area contributed by atoms with E-state index in [1.807, 2.05) is 48.5 Å². The van der Waals surface area contributed by atoms with Gasteiger partial charge in [-0.15, -0.1) is 0 Å². The minimum atomic E-state index is -0.231. The van der Waals surface area contributed by atoms with Gasteiger partial charge in [-0.25, -0.2) is 0 Å². The van der Waals surface area contributed by atoms with Gasteiger partial charge in [0.1, 0.15) is 0 Å². The van der Waals surface area contributed by atoms with E-state index in [0.29, 0.717) is 22.7 Å². The molecule has 5 fully saturated rings. The highest BCUT2D eigenvalue weighted by Crippen LogP contribution is 2.69. The van der Waals surface area contributed by atoms with Gasteiger partial charge in [0.25, 0.3) is 0 Å². The van der Waals surface area contributed by atoms with E-state index < -0.39 is 0 Å². The Morgan fingerprint density at radius 1 is 0.706 bits per heavy atom. The predicted octanol–water partition coefficient (Wildman–Crippen LogP) is 8.48. The summed E-state index contributed by atoms with van der Waals surface area (Å²) in [6.45, 7) is 23.1. The van der Waals surface area contributed by atoms with Gasteiger partial charge >= 0.3 is 0 Å². The average molecular weight is 481 g/mol. The summed E-state index contributed by atoms with van der Waals surface area (Å²) >= 11 is 0. The van der Waals surface area contributed by atoms with Gasteiger partial charge in [0, 0.05) is 12.8 Å². The van der Waals surface area contributed by atoms with Crippen molar-refractivity contribution in [3.63, 3.8) is 0 Å². The number of hydrogen-bond acceptors (Lipinski definition) is 3. The third-order valence-corrected chi connectivity index (χ3v) is 10.9. The molecule has 3 heteroatoms. The molecule has 7 unspecified atom stereocenters. The first-order valence-electron chi connectivity index (χ1n) is 15.3. The quantitative estimate of drug-likeness (QED) is 0.430. The van der Waals surface area contributed by atoms with Crippen molar-refractivity contribution in [3.05, 3.63) is 0 Å². The van der Waals surface area contributed by atoms with Crippen LogP contribution >= 0.6 is 0 Å². The molecule has 4 aliphatic carbocycles. The Labute approximate surface area is 213 Å². The molecule has 0 aromatic carbocycles. The van der Waals surface area contributed by atoms with Crippen molar-refractivity contribution < 1.29 is 14.6 Å². The fraction of sp³-hybridized carbons (Fsp3) is 1.00. The number of ether oxygens (including phenoxy) is 2. The number of aliphatic hydroxyl groups is 1. The molecule has 0 aromatic heterocycles. The lowest BCUT2D eigenvalue weighted by Gasteiger charge is -2.62. The molecule has 202 valence electrons. The topological polar surface area (TPSA) is 38.7 Å². The first-order chi connectivity index (χ1) is 16.3. The van der Waals surface area contributed by atoms with Gasteiger partial charge in [0.15, 0.2) is 5.79 Å². The van der Waals surface area contributed by atoms with Crippen molar-refractivity contribution in [1.29, 1.82) is 0 Å². The molecule has 1 N–H and O–H groups in total. The van der Waals surface area contributed by atoms with E-state index in [-0.39, 0.29) is 11.9 Å². The monoisotopic (exact) mass is 480 g/mol. The van der Waals surface area contributed by atoms with Gasteiger partial charge in [-0.3, -0.25) is 0 Å². The van der Waals surface area contributed by atoms with Crippen LogP contribution in [0.2, 0.25) is 0 Å². The van der Waals surface area contributed by atoms with Crippen LogP contribution in [0.4, 0.5) is 0 Å². The second kappa shape index (κ2) is 12.4. The normalized spacial score (nSPS) is 43.3. The lowest BCUT2D eigenvalue weighted by Crippen LogP contribution is -2.56. The smallest absolute Gasteiger partial charge is 0.168 e. The highest BCUT2D eigenvalue weighted by molar-refractivity contribution is 5.10. The van der Waals surface area contributed by atoms with Gasteiger partial charge in [-0.1, -0.05) is 62.3 Å². The Bertz CT molecular complexity index is 597. The summed E-state index contributed by atoms with van der Waals surface area (Å²) < 4.78 is 12.2. The SMILES string of the molecule is CC.CC.CC.CC(O)[C@@H](C)C1CCC2C3CCC4CC5(CC[C@]4(C)C3CCC21C)OCCO5. The number of aliphatic hydroxyl groups excluding tert-OH is 1. The van der Waals surface area contributed by atoms with Crippen molar-refractivity contribution in [2.24, 2.45) is 46.3 Å². The summed E-state index contributed by atoms with van der Waals surface area (Å²) in [6.07, 6.45) is 11.7. The number of hydrogen-bond donors (Lipinski definition) is 1. The van der Waals surface area contributed by atoms with Crippen LogP contribution < -0.4 is 0 Å². The van der Waals surface area contributed by atoms with Crippen LogP contribution in [0.25, 0.3) is 0 Å². The zero-order valence-electron chi connectivity index (χ0n) is 24.6. The molecule has 1 spiro atoms. The largest absolute Gasteiger partial charge is 0.393 e. The first-order valence-corrected chi connectivity index (χ1v) is 15.3. The molecule has 5 rings (SSSR count). The molecule has 1 aliphatic heterocycles. The van der Waals surface area contributed by atoms with E-state index in [0.717, 1.165) is 49.7 Å². The van der Waals surface area contributed by atoms with Gasteiger partial charge in [-0.2, -0.15) is 0 Å². The summed E-state index contributed by atoms with van der Waals surface area (Å²) in [4.78, 5) is 0. The second-order valence-corrected chi connectivity index (χ2v) is 11.8. The lowest BCUT2D eigenvalue weighted by atomic mass is 9.44. The zero-order chi connectivity index (χ0) is 25.7. The fourth-order valence-electron chi connectivity index (χ4n) is 9.20. The molecular weight excluding hydrogens is 420 g/mol. The van der Waals surface area contributed by atoms with Crippen molar-refractivity contribution in [1.82, 2.24) is 0 Å². The van der Waals surface area contributed by atoms with Crippen LogP contribution in [0.15, 0.2) is 0 Å². The Hall–Kier alpha value is -0.120. The van der Waals surface area contributed by atoms with Crippen LogP contribution in [-0.4, -0.2) is 30.2 Å². The van der Waals surface area contributed by atoms with Crippen LogP contribution in [0.1, 0.15) is 127 Å². The lowest BCUT2D eigenvalue weighted by molar-refractivity contribution is -0.230. The molecule has 4 saturated carbocycles. The summed E-state index contributed by atoms with van der Waals surface area (Å²) in [6, 6.07) is 0. The van der Waals surface area contributed by atoms with Gasteiger partial charge < -0.3 is 14.6 Å². The minimum absolute atomic E-state index is 0.174. The maximum absolute atomic E-state index is 10.3. The summed E-state index contributed by atoms with van der Waals surface area (Å²) in [7, 11) is 0. The van der Waals surface area contributed by atoms with E-state index in [2.05, 4.69) is 20.8 Å². The van der Waals surface area contributed by atoms with Crippen LogP contribution in [0, 0.1) is 46.3 Å². The molecule has 1 heterocycles. The second-order valence-electron chi connectivity index (χ2n) is 11.8. The maximum atomic E-state index is 10.3. The van der Waals surface area contributed by atoms with Crippen molar-refractivity contribution in [2.45, 2.75) is 139 Å². The molecule has 5 aliphatic rings. The Balaban J connectivity index is 0.000000633. The zero-order valence-corrected chi connectivity index (χ0v) is 24.6. The Morgan fingerprint density at radius 3 is 1.88 bits per heavy atom. The molecule has 0 radical (unpaired) electrons. The van der Waals surface area contributed by atoms with Crippen molar-refractivity contribution >= 4 is 0 Å². The van der Waals surface area contributed by atoms with Gasteiger partial charge in [0.2, 0.25) is 0 Å².